The van der Waals surface area contributed by atoms with Crippen LogP contribution in [0, 0.1) is 0 Å². The normalized spacial score (nSPS) is 11.7. The van der Waals surface area contributed by atoms with E-state index >= 15 is 0 Å². The highest BCUT2D eigenvalue weighted by Gasteiger charge is 2.36. The van der Waals surface area contributed by atoms with Crippen LogP contribution in [-0.2, 0) is 19.7 Å². The predicted molar refractivity (Wildman–Crippen MR) is 64.1 cm³/mol. The van der Waals surface area contributed by atoms with Gasteiger partial charge in [0.25, 0.3) is 0 Å². The molecule has 0 unspecified atom stereocenters. The minimum atomic E-state index is -2.40. The molecule has 0 aliphatic heterocycles. The van der Waals surface area contributed by atoms with Crippen molar-refractivity contribution in [3.05, 3.63) is 30.1 Å². The highest BCUT2D eigenvalue weighted by Crippen LogP contribution is 2.16. The summed E-state index contributed by atoms with van der Waals surface area (Å²) in [5.74, 6) is 0. The molecule has 0 amide bonds. The van der Waals surface area contributed by atoms with Crippen molar-refractivity contribution in [3.63, 3.8) is 0 Å². The van der Waals surface area contributed by atoms with Gasteiger partial charge in [0.1, 0.15) is 0 Å². The van der Waals surface area contributed by atoms with E-state index in [9.17, 15) is 0 Å². The summed E-state index contributed by atoms with van der Waals surface area (Å²) in [6, 6.07) is 6.75. The highest BCUT2D eigenvalue weighted by molar-refractivity contribution is 6.60. The standard InChI is InChI=1S/C11H19NO3Si/c1-13-16(14-2,15-3)10-6-8-11-7-4-5-9-12-11/h4-5,7,9H,6,8,10H2,1-3H3. The van der Waals surface area contributed by atoms with Gasteiger partial charge < -0.3 is 13.3 Å². The van der Waals surface area contributed by atoms with Gasteiger partial charge >= 0.3 is 8.80 Å². The van der Waals surface area contributed by atoms with E-state index in [4.69, 9.17) is 13.3 Å². The van der Waals surface area contributed by atoms with Crippen molar-refractivity contribution in [3.8, 4) is 0 Å². The third-order valence-electron chi connectivity index (χ3n) is 2.58. The zero-order chi connectivity index (χ0) is 11.9. The Labute approximate surface area is 97.9 Å². The lowest BCUT2D eigenvalue weighted by molar-refractivity contribution is 0.123. The van der Waals surface area contributed by atoms with E-state index in [0.29, 0.717) is 0 Å². The minimum absolute atomic E-state index is 0.813. The molecule has 0 saturated heterocycles. The summed E-state index contributed by atoms with van der Waals surface area (Å²) in [6.45, 7) is 0. The summed E-state index contributed by atoms with van der Waals surface area (Å²) in [7, 11) is 2.52. The van der Waals surface area contributed by atoms with Crippen LogP contribution in [0.3, 0.4) is 0 Å². The first-order chi connectivity index (χ1) is 7.76. The number of pyridine rings is 1. The summed E-state index contributed by atoms with van der Waals surface area (Å²) in [4.78, 5) is 4.27. The highest BCUT2D eigenvalue weighted by atomic mass is 28.4. The Bertz CT molecular complexity index is 282. The lowest BCUT2D eigenvalue weighted by atomic mass is 10.2. The first-order valence-electron chi connectivity index (χ1n) is 5.31. The quantitative estimate of drug-likeness (QED) is 0.684. The fraction of sp³-hybridized carbons (Fsp3) is 0.545. The number of hydrogen-bond donors (Lipinski definition) is 0. The molecule has 0 aliphatic carbocycles. The molecule has 0 bridgehead atoms. The number of rotatable bonds is 7. The number of hydrogen-bond acceptors (Lipinski definition) is 4. The maximum atomic E-state index is 5.35. The molecule has 0 fully saturated rings. The van der Waals surface area contributed by atoms with E-state index in [2.05, 4.69) is 4.98 Å². The molecule has 5 heteroatoms. The Morgan fingerprint density at radius 2 is 1.81 bits per heavy atom. The molecule has 0 radical (unpaired) electrons. The second-order valence-electron chi connectivity index (χ2n) is 3.47. The van der Waals surface area contributed by atoms with Crippen LogP contribution in [-0.4, -0.2) is 35.1 Å². The molecule has 0 spiro atoms. The molecular formula is C11H19NO3Si. The SMILES string of the molecule is CO[Si](CCCc1ccccn1)(OC)OC. The molecule has 1 aromatic rings. The molecule has 0 N–H and O–H groups in total. The van der Waals surface area contributed by atoms with Crippen LogP contribution in [0.2, 0.25) is 6.04 Å². The van der Waals surface area contributed by atoms with Crippen LogP contribution in [0.1, 0.15) is 12.1 Å². The van der Waals surface area contributed by atoms with Gasteiger partial charge in [-0.25, -0.2) is 0 Å². The first-order valence-corrected chi connectivity index (χ1v) is 7.25. The Morgan fingerprint density at radius 1 is 1.12 bits per heavy atom. The van der Waals surface area contributed by atoms with Gasteiger partial charge in [0.05, 0.1) is 0 Å². The Balaban J connectivity index is 2.39. The van der Waals surface area contributed by atoms with Crippen molar-refractivity contribution in [1.29, 1.82) is 0 Å². The maximum Gasteiger partial charge on any atom is 0.500 e. The van der Waals surface area contributed by atoms with Gasteiger partial charge in [0, 0.05) is 39.3 Å². The van der Waals surface area contributed by atoms with Gasteiger partial charge in [-0.15, -0.1) is 0 Å². The van der Waals surface area contributed by atoms with E-state index in [0.717, 1.165) is 24.6 Å². The van der Waals surface area contributed by atoms with Crippen LogP contribution in [0.4, 0.5) is 0 Å². The van der Waals surface area contributed by atoms with E-state index < -0.39 is 8.80 Å². The topological polar surface area (TPSA) is 40.6 Å². The van der Waals surface area contributed by atoms with Crippen molar-refractivity contribution in [2.75, 3.05) is 21.3 Å². The van der Waals surface area contributed by atoms with Gasteiger partial charge in [-0.05, 0) is 25.0 Å². The first kappa shape index (κ1) is 13.3. The summed E-state index contributed by atoms with van der Waals surface area (Å²) in [5.41, 5.74) is 1.09. The van der Waals surface area contributed by atoms with E-state index in [1.54, 1.807) is 21.3 Å². The molecule has 1 heterocycles. The van der Waals surface area contributed by atoms with Crippen LogP contribution >= 0.6 is 0 Å². The van der Waals surface area contributed by atoms with Crippen molar-refractivity contribution in [2.45, 2.75) is 18.9 Å². The molecule has 90 valence electrons. The van der Waals surface area contributed by atoms with Crippen molar-refractivity contribution in [2.24, 2.45) is 0 Å². The lowest BCUT2D eigenvalue weighted by Crippen LogP contribution is -2.42. The maximum absolute atomic E-state index is 5.35. The van der Waals surface area contributed by atoms with E-state index in [-0.39, 0.29) is 0 Å². The molecule has 0 aromatic carbocycles. The molecule has 4 nitrogen and oxygen atoms in total. The Morgan fingerprint density at radius 3 is 2.31 bits per heavy atom. The van der Waals surface area contributed by atoms with Crippen LogP contribution in [0.15, 0.2) is 24.4 Å². The van der Waals surface area contributed by atoms with Gasteiger partial charge in [-0.1, -0.05) is 6.07 Å². The minimum Gasteiger partial charge on any atom is -0.377 e. The summed E-state index contributed by atoms with van der Waals surface area (Å²) >= 11 is 0. The molecule has 1 aromatic heterocycles. The summed E-state index contributed by atoms with van der Waals surface area (Å²) in [5, 5.41) is 0. The monoisotopic (exact) mass is 241 g/mol. The van der Waals surface area contributed by atoms with Crippen molar-refractivity contribution >= 4 is 8.80 Å². The Kier molecular flexibility index (Phi) is 5.62. The zero-order valence-corrected chi connectivity index (χ0v) is 11.1. The molecule has 0 aliphatic rings. The number of aryl methyl sites for hydroxylation is 1. The van der Waals surface area contributed by atoms with Crippen LogP contribution in [0.5, 0.6) is 0 Å². The van der Waals surface area contributed by atoms with Crippen molar-refractivity contribution < 1.29 is 13.3 Å². The molecule has 1 rings (SSSR count). The van der Waals surface area contributed by atoms with Gasteiger partial charge in [0.2, 0.25) is 0 Å². The lowest BCUT2D eigenvalue weighted by Gasteiger charge is -2.24. The smallest absolute Gasteiger partial charge is 0.377 e. The summed E-state index contributed by atoms with van der Waals surface area (Å²) < 4.78 is 16.0. The number of aromatic nitrogens is 1. The number of nitrogens with zero attached hydrogens (tertiary/aromatic N) is 1. The van der Waals surface area contributed by atoms with E-state index in [1.165, 1.54) is 0 Å². The predicted octanol–water partition coefficient (Wildman–Crippen LogP) is 1.89. The molecule has 16 heavy (non-hydrogen) atoms. The fourth-order valence-electron chi connectivity index (χ4n) is 1.59. The Hall–Kier alpha value is -0.753. The van der Waals surface area contributed by atoms with Crippen LogP contribution in [0.25, 0.3) is 0 Å². The molecule has 0 saturated carbocycles. The second-order valence-corrected chi connectivity index (χ2v) is 6.56. The molecule has 0 atom stereocenters. The third-order valence-corrected chi connectivity index (χ3v) is 5.41. The average molecular weight is 241 g/mol. The van der Waals surface area contributed by atoms with Gasteiger partial charge in [-0.2, -0.15) is 0 Å². The van der Waals surface area contributed by atoms with Crippen molar-refractivity contribution in [1.82, 2.24) is 4.98 Å². The molecular weight excluding hydrogens is 222 g/mol. The van der Waals surface area contributed by atoms with E-state index in [1.807, 2.05) is 24.4 Å². The summed E-state index contributed by atoms with van der Waals surface area (Å²) in [6.07, 6.45) is 3.69. The fourth-order valence-corrected chi connectivity index (χ4v) is 3.31. The van der Waals surface area contributed by atoms with Gasteiger partial charge in [0.15, 0.2) is 0 Å². The third kappa shape index (κ3) is 3.68. The largest absolute Gasteiger partial charge is 0.500 e. The second kappa shape index (κ2) is 6.75. The van der Waals surface area contributed by atoms with Gasteiger partial charge in [-0.3, -0.25) is 4.98 Å². The average Bonchev–Trinajstić information content (AvgIpc) is 2.37. The zero-order valence-electron chi connectivity index (χ0n) is 10.1. The van der Waals surface area contributed by atoms with Crippen LogP contribution < -0.4 is 0 Å².